The molecule has 0 bridgehead atoms. The number of hydrogen-bond acceptors (Lipinski definition) is 5. The van der Waals surface area contributed by atoms with Crippen molar-refractivity contribution in [3.05, 3.63) is 23.9 Å². The Hall–Kier alpha value is -2.11. The summed E-state index contributed by atoms with van der Waals surface area (Å²) in [7, 11) is 1.77. The second kappa shape index (κ2) is 7.61. The predicted octanol–water partition coefficient (Wildman–Crippen LogP) is 2.61. The number of rotatable bonds is 6. The first-order valence-corrected chi connectivity index (χ1v) is 6.95. The molecular weight excluding hydrogens is 270 g/mol. The normalized spacial score (nSPS) is 10.9. The van der Waals surface area contributed by atoms with Crippen molar-refractivity contribution in [2.75, 3.05) is 18.9 Å². The fourth-order valence-corrected chi connectivity index (χ4v) is 1.60. The van der Waals surface area contributed by atoms with Crippen molar-refractivity contribution in [2.24, 2.45) is 0 Å². The first-order valence-electron chi connectivity index (χ1n) is 6.95. The number of hydrogen-bond donors (Lipinski definition) is 2. The summed E-state index contributed by atoms with van der Waals surface area (Å²) in [6, 6.07) is 3.49. The summed E-state index contributed by atoms with van der Waals surface area (Å²) in [5.74, 6) is 0.731. The molecule has 0 saturated carbocycles. The van der Waals surface area contributed by atoms with Crippen molar-refractivity contribution < 1.29 is 14.3 Å². The summed E-state index contributed by atoms with van der Waals surface area (Å²) in [5, 5.41) is 5.52. The number of ketones is 1. The number of amides is 1. The molecule has 6 heteroatoms. The first-order chi connectivity index (χ1) is 9.81. The lowest BCUT2D eigenvalue weighted by Gasteiger charge is -2.19. The number of alkyl carbamates (subject to hydrolysis) is 1. The zero-order chi connectivity index (χ0) is 15.9. The van der Waals surface area contributed by atoms with Gasteiger partial charge in [-0.3, -0.25) is 4.79 Å². The first kappa shape index (κ1) is 16.9. The fourth-order valence-electron chi connectivity index (χ4n) is 1.60. The van der Waals surface area contributed by atoms with Gasteiger partial charge in [0.2, 0.25) is 0 Å². The van der Waals surface area contributed by atoms with Gasteiger partial charge < -0.3 is 15.4 Å². The Bertz CT molecular complexity index is 478. The minimum absolute atomic E-state index is 0.0103. The van der Waals surface area contributed by atoms with Crippen molar-refractivity contribution in [1.29, 1.82) is 0 Å². The number of pyridine rings is 1. The van der Waals surface area contributed by atoms with E-state index in [4.69, 9.17) is 4.74 Å². The molecule has 0 radical (unpaired) electrons. The molecule has 0 aliphatic carbocycles. The van der Waals surface area contributed by atoms with Crippen LogP contribution < -0.4 is 10.6 Å². The Balaban J connectivity index is 2.28. The molecule has 21 heavy (non-hydrogen) atoms. The van der Waals surface area contributed by atoms with Gasteiger partial charge in [0.25, 0.3) is 0 Å². The van der Waals surface area contributed by atoms with Gasteiger partial charge in [-0.05, 0) is 39.3 Å². The molecular formula is C15H23N3O3. The van der Waals surface area contributed by atoms with Crippen LogP contribution in [0.3, 0.4) is 0 Å². The van der Waals surface area contributed by atoms with Gasteiger partial charge in [-0.2, -0.15) is 0 Å². The van der Waals surface area contributed by atoms with Crippen molar-refractivity contribution in [2.45, 2.75) is 39.2 Å². The largest absolute Gasteiger partial charge is 0.444 e. The third kappa shape index (κ3) is 6.74. The van der Waals surface area contributed by atoms with E-state index in [0.29, 0.717) is 24.9 Å². The van der Waals surface area contributed by atoms with E-state index in [-0.39, 0.29) is 5.78 Å². The summed E-state index contributed by atoms with van der Waals surface area (Å²) in [5.41, 5.74) is 0.0620. The zero-order valence-corrected chi connectivity index (χ0v) is 13.0. The van der Waals surface area contributed by atoms with Gasteiger partial charge in [0.05, 0.1) is 0 Å². The molecule has 0 saturated heterocycles. The van der Waals surface area contributed by atoms with E-state index in [1.807, 2.05) is 0 Å². The van der Waals surface area contributed by atoms with Gasteiger partial charge >= 0.3 is 6.09 Å². The van der Waals surface area contributed by atoms with E-state index in [0.717, 1.165) is 5.82 Å². The summed E-state index contributed by atoms with van der Waals surface area (Å²) in [6.45, 7) is 5.82. The van der Waals surface area contributed by atoms with Crippen LogP contribution in [-0.4, -0.2) is 36.1 Å². The number of anilines is 1. The number of nitrogens with zero attached hydrogens (tertiary/aromatic N) is 1. The van der Waals surface area contributed by atoms with Gasteiger partial charge in [-0.1, -0.05) is 0 Å². The molecule has 0 fully saturated rings. The second-order valence-electron chi connectivity index (χ2n) is 5.64. The summed E-state index contributed by atoms with van der Waals surface area (Å²) < 4.78 is 5.10. The van der Waals surface area contributed by atoms with Crippen LogP contribution >= 0.6 is 0 Å². The monoisotopic (exact) mass is 293 g/mol. The average Bonchev–Trinajstić information content (AvgIpc) is 2.41. The molecule has 1 amide bonds. The van der Waals surface area contributed by atoms with E-state index in [9.17, 15) is 9.59 Å². The molecule has 0 aliphatic rings. The van der Waals surface area contributed by atoms with E-state index >= 15 is 0 Å². The predicted molar refractivity (Wildman–Crippen MR) is 81.6 cm³/mol. The molecule has 0 aliphatic heterocycles. The van der Waals surface area contributed by atoms with Gasteiger partial charge in [0.15, 0.2) is 5.78 Å². The molecule has 116 valence electrons. The quantitative estimate of drug-likeness (QED) is 0.622. The number of carbonyl (C=O) groups excluding carboxylic acids is 2. The Morgan fingerprint density at radius 3 is 2.52 bits per heavy atom. The molecule has 0 unspecified atom stereocenters. The fraction of sp³-hybridized carbons (Fsp3) is 0.533. The minimum atomic E-state index is -0.513. The van der Waals surface area contributed by atoms with E-state index in [2.05, 4.69) is 15.6 Å². The Morgan fingerprint density at radius 2 is 2.00 bits per heavy atom. The van der Waals surface area contributed by atoms with Crippen LogP contribution in [0.25, 0.3) is 0 Å². The molecule has 1 rings (SSSR count). The molecule has 6 nitrogen and oxygen atoms in total. The SMILES string of the molecule is CNc1ccc(C(=O)CCCNC(=O)OC(C)(C)C)cn1. The van der Waals surface area contributed by atoms with Gasteiger partial charge in [0.1, 0.15) is 11.4 Å². The number of aromatic nitrogens is 1. The van der Waals surface area contributed by atoms with Crippen molar-refractivity contribution >= 4 is 17.7 Å². The topological polar surface area (TPSA) is 80.3 Å². The van der Waals surface area contributed by atoms with Crippen molar-refractivity contribution in [3.63, 3.8) is 0 Å². The highest BCUT2D eigenvalue weighted by Crippen LogP contribution is 2.08. The molecule has 0 spiro atoms. The third-order valence-electron chi connectivity index (χ3n) is 2.59. The highest BCUT2D eigenvalue weighted by molar-refractivity contribution is 5.95. The molecule has 1 aromatic rings. The van der Waals surface area contributed by atoms with Crippen LogP contribution in [0.2, 0.25) is 0 Å². The second-order valence-corrected chi connectivity index (χ2v) is 5.64. The molecule has 1 aromatic heterocycles. The highest BCUT2D eigenvalue weighted by atomic mass is 16.6. The maximum Gasteiger partial charge on any atom is 0.407 e. The maximum absolute atomic E-state index is 11.9. The van der Waals surface area contributed by atoms with Crippen LogP contribution in [0.4, 0.5) is 10.6 Å². The van der Waals surface area contributed by atoms with Gasteiger partial charge in [-0.15, -0.1) is 0 Å². The van der Waals surface area contributed by atoms with E-state index < -0.39 is 11.7 Å². The number of nitrogens with one attached hydrogen (secondary N) is 2. The Kier molecular flexibility index (Phi) is 6.14. The van der Waals surface area contributed by atoms with Crippen LogP contribution in [-0.2, 0) is 4.74 Å². The van der Waals surface area contributed by atoms with Crippen LogP contribution in [0.5, 0.6) is 0 Å². The lowest BCUT2D eigenvalue weighted by molar-refractivity contribution is 0.0525. The van der Waals surface area contributed by atoms with E-state index in [1.54, 1.807) is 46.1 Å². The molecule has 2 N–H and O–H groups in total. The Morgan fingerprint density at radius 1 is 1.29 bits per heavy atom. The summed E-state index contributed by atoms with van der Waals surface area (Å²) >= 11 is 0. The molecule has 0 aromatic carbocycles. The lowest BCUT2D eigenvalue weighted by Crippen LogP contribution is -2.33. The van der Waals surface area contributed by atoms with Crippen LogP contribution in [0, 0.1) is 0 Å². The third-order valence-corrected chi connectivity index (χ3v) is 2.59. The van der Waals surface area contributed by atoms with Crippen LogP contribution in [0.1, 0.15) is 44.0 Å². The number of Topliss-reactive ketones (excluding diaryl/α,β-unsaturated/α-hetero) is 1. The maximum atomic E-state index is 11.9. The number of carbonyl (C=O) groups is 2. The summed E-state index contributed by atoms with van der Waals surface area (Å²) in [4.78, 5) is 27.4. The molecule has 0 atom stereocenters. The number of ether oxygens (including phenoxy) is 1. The van der Waals surface area contributed by atoms with Crippen molar-refractivity contribution in [1.82, 2.24) is 10.3 Å². The van der Waals surface area contributed by atoms with Gasteiger partial charge in [-0.25, -0.2) is 9.78 Å². The van der Waals surface area contributed by atoms with Gasteiger partial charge in [0, 0.05) is 31.8 Å². The molecule has 1 heterocycles. The summed E-state index contributed by atoms with van der Waals surface area (Å²) in [6.07, 6.45) is 2.01. The van der Waals surface area contributed by atoms with Crippen LogP contribution in [0.15, 0.2) is 18.3 Å². The highest BCUT2D eigenvalue weighted by Gasteiger charge is 2.15. The van der Waals surface area contributed by atoms with Crippen molar-refractivity contribution in [3.8, 4) is 0 Å². The van der Waals surface area contributed by atoms with E-state index in [1.165, 1.54) is 0 Å². The minimum Gasteiger partial charge on any atom is -0.444 e. The lowest BCUT2D eigenvalue weighted by atomic mass is 10.1. The standard InChI is InChI=1S/C15H23N3O3/c1-15(2,3)21-14(20)17-9-5-6-12(19)11-7-8-13(16-4)18-10-11/h7-8,10H,5-6,9H2,1-4H3,(H,16,18)(H,17,20). The smallest absolute Gasteiger partial charge is 0.407 e. The average molecular weight is 293 g/mol. The Labute approximate surface area is 125 Å². The zero-order valence-electron chi connectivity index (χ0n) is 13.0.